The molecule has 2 aromatic carbocycles. The van der Waals surface area contributed by atoms with Gasteiger partial charge in [-0.05, 0) is 74.3 Å². The molecule has 2 heterocycles. The molecule has 2 N–H and O–H groups in total. The molecule has 1 fully saturated rings. The number of fused-ring (bicyclic) bond motifs is 1. The van der Waals surface area contributed by atoms with Crippen LogP contribution in [0.4, 0.5) is 5.69 Å². The quantitative estimate of drug-likeness (QED) is 0.667. The summed E-state index contributed by atoms with van der Waals surface area (Å²) in [4.78, 5) is 18.0. The van der Waals surface area contributed by atoms with Crippen LogP contribution in [-0.2, 0) is 4.79 Å². The predicted octanol–water partition coefficient (Wildman–Crippen LogP) is 4.63. The number of piperidine rings is 1. The van der Waals surface area contributed by atoms with Crippen molar-refractivity contribution in [2.24, 2.45) is 0 Å². The molecule has 4 nitrogen and oxygen atoms in total. The number of aromatic amines is 1. The van der Waals surface area contributed by atoms with Crippen LogP contribution < -0.4 is 5.32 Å². The normalized spacial score (nSPS) is 16.2. The molecule has 3 aromatic rings. The zero-order valence-corrected chi connectivity index (χ0v) is 15.6. The molecule has 0 unspecified atom stereocenters. The number of hydrogen-bond acceptors (Lipinski definition) is 2. The van der Waals surface area contributed by atoms with Crippen LogP contribution >= 0.6 is 0 Å². The minimum absolute atomic E-state index is 0.116. The number of amides is 1. The van der Waals surface area contributed by atoms with E-state index in [1.807, 2.05) is 48.5 Å². The van der Waals surface area contributed by atoms with Gasteiger partial charge in [0, 0.05) is 28.9 Å². The topological polar surface area (TPSA) is 48.1 Å². The molecule has 0 radical (unpaired) electrons. The number of nitrogens with zero attached hydrogens (tertiary/aromatic N) is 1. The van der Waals surface area contributed by atoms with Crippen LogP contribution in [-0.4, -0.2) is 35.9 Å². The van der Waals surface area contributed by atoms with E-state index in [2.05, 4.69) is 34.5 Å². The molecule has 0 aliphatic carbocycles. The minimum Gasteiger partial charge on any atom is -0.361 e. The summed E-state index contributed by atoms with van der Waals surface area (Å²) in [5.74, 6) is 0.466. The van der Waals surface area contributed by atoms with Gasteiger partial charge in [-0.1, -0.05) is 30.3 Å². The highest BCUT2D eigenvalue weighted by atomic mass is 16.1. The molecule has 0 bridgehead atoms. The van der Waals surface area contributed by atoms with Gasteiger partial charge >= 0.3 is 0 Å². The molecule has 4 rings (SSSR count). The largest absolute Gasteiger partial charge is 0.361 e. The second-order valence-electron chi connectivity index (χ2n) is 7.32. The van der Waals surface area contributed by atoms with E-state index in [9.17, 15) is 4.79 Å². The average molecular weight is 359 g/mol. The van der Waals surface area contributed by atoms with Crippen molar-refractivity contribution in [2.75, 3.05) is 25.5 Å². The lowest BCUT2D eigenvalue weighted by Gasteiger charge is -2.28. The Kier molecular flexibility index (Phi) is 5.07. The molecule has 138 valence electrons. The fourth-order valence-electron chi connectivity index (χ4n) is 3.80. The molecule has 1 aromatic heterocycles. The van der Waals surface area contributed by atoms with Crippen molar-refractivity contribution < 1.29 is 4.79 Å². The van der Waals surface area contributed by atoms with Gasteiger partial charge in [-0.15, -0.1) is 0 Å². The Morgan fingerprint density at radius 1 is 1.15 bits per heavy atom. The zero-order chi connectivity index (χ0) is 18.6. The Labute approximate surface area is 159 Å². The van der Waals surface area contributed by atoms with Crippen molar-refractivity contribution in [1.82, 2.24) is 9.88 Å². The highest BCUT2D eigenvalue weighted by molar-refractivity contribution is 6.03. The van der Waals surface area contributed by atoms with Crippen molar-refractivity contribution in [3.8, 4) is 0 Å². The third-order valence-electron chi connectivity index (χ3n) is 5.37. The lowest BCUT2D eigenvalue weighted by Crippen LogP contribution is -2.29. The summed E-state index contributed by atoms with van der Waals surface area (Å²) in [7, 11) is 2.18. The second kappa shape index (κ2) is 7.80. The number of rotatable bonds is 4. The predicted molar refractivity (Wildman–Crippen MR) is 112 cm³/mol. The second-order valence-corrected chi connectivity index (χ2v) is 7.32. The Morgan fingerprint density at radius 3 is 2.70 bits per heavy atom. The van der Waals surface area contributed by atoms with E-state index in [4.69, 9.17) is 0 Å². The van der Waals surface area contributed by atoms with Crippen LogP contribution in [0.2, 0.25) is 0 Å². The Balaban J connectivity index is 1.50. The molecule has 27 heavy (non-hydrogen) atoms. The van der Waals surface area contributed by atoms with Crippen molar-refractivity contribution >= 4 is 28.6 Å². The van der Waals surface area contributed by atoms with Gasteiger partial charge in [0.05, 0.1) is 0 Å². The van der Waals surface area contributed by atoms with Crippen LogP contribution in [0, 0.1) is 0 Å². The standard InChI is InChI=1S/C23H25N3O/c1-26-13-11-18(12-14-26)21-16-24-22-9-8-19(15-20(21)22)25-23(27)10-7-17-5-3-2-4-6-17/h2-10,15-16,18,24H,11-14H2,1H3,(H,25,27)/b10-7+. The first-order valence-corrected chi connectivity index (χ1v) is 9.53. The molecular weight excluding hydrogens is 334 g/mol. The number of nitrogens with one attached hydrogen (secondary N) is 2. The monoisotopic (exact) mass is 359 g/mol. The minimum atomic E-state index is -0.116. The molecule has 1 aliphatic rings. The summed E-state index contributed by atoms with van der Waals surface area (Å²) in [5, 5.41) is 4.20. The molecule has 0 spiro atoms. The van der Waals surface area contributed by atoms with E-state index in [1.165, 1.54) is 23.8 Å². The summed E-state index contributed by atoms with van der Waals surface area (Å²) >= 11 is 0. The summed E-state index contributed by atoms with van der Waals surface area (Å²) in [6, 6.07) is 15.9. The van der Waals surface area contributed by atoms with Crippen molar-refractivity contribution in [3.05, 3.63) is 71.9 Å². The number of hydrogen-bond donors (Lipinski definition) is 2. The van der Waals surface area contributed by atoms with Crippen LogP contribution in [0.15, 0.2) is 60.8 Å². The van der Waals surface area contributed by atoms with E-state index in [-0.39, 0.29) is 5.91 Å². The number of anilines is 1. The maximum Gasteiger partial charge on any atom is 0.248 e. The van der Waals surface area contributed by atoms with Gasteiger partial charge < -0.3 is 15.2 Å². The Hall–Kier alpha value is -2.85. The number of carbonyl (C=O) groups is 1. The number of H-pyrrole nitrogens is 1. The van der Waals surface area contributed by atoms with Crippen molar-refractivity contribution in [3.63, 3.8) is 0 Å². The molecule has 0 saturated carbocycles. The van der Waals surface area contributed by atoms with Gasteiger partial charge in [-0.25, -0.2) is 0 Å². The van der Waals surface area contributed by atoms with Gasteiger partial charge in [0.2, 0.25) is 5.91 Å². The average Bonchev–Trinajstić information content (AvgIpc) is 3.11. The third kappa shape index (κ3) is 4.12. The zero-order valence-electron chi connectivity index (χ0n) is 15.6. The summed E-state index contributed by atoms with van der Waals surface area (Å²) in [6.45, 7) is 2.27. The summed E-state index contributed by atoms with van der Waals surface area (Å²) < 4.78 is 0. The first-order chi connectivity index (χ1) is 13.2. The Morgan fingerprint density at radius 2 is 1.93 bits per heavy atom. The SMILES string of the molecule is CN1CCC(c2c[nH]c3ccc(NC(=O)/C=C/c4ccccc4)cc23)CC1. The molecule has 4 heteroatoms. The van der Waals surface area contributed by atoms with E-state index >= 15 is 0 Å². The van der Waals surface area contributed by atoms with E-state index in [1.54, 1.807) is 6.08 Å². The fourth-order valence-corrected chi connectivity index (χ4v) is 3.80. The van der Waals surface area contributed by atoms with Crippen LogP contribution in [0.25, 0.3) is 17.0 Å². The Bertz CT molecular complexity index is 950. The van der Waals surface area contributed by atoms with Crippen LogP contribution in [0.3, 0.4) is 0 Å². The van der Waals surface area contributed by atoms with Gasteiger partial charge in [-0.3, -0.25) is 4.79 Å². The molecule has 1 amide bonds. The smallest absolute Gasteiger partial charge is 0.248 e. The molecule has 1 aliphatic heterocycles. The summed E-state index contributed by atoms with van der Waals surface area (Å²) in [6.07, 6.45) is 7.91. The highest BCUT2D eigenvalue weighted by Gasteiger charge is 2.21. The van der Waals surface area contributed by atoms with Crippen molar-refractivity contribution in [1.29, 1.82) is 0 Å². The fraction of sp³-hybridized carbons (Fsp3) is 0.261. The van der Waals surface area contributed by atoms with Crippen LogP contribution in [0.5, 0.6) is 0 Å². The molecule has 0 atom stereocenters. The van der Waals surface area contributed by atoms with E-state index in [0.29, 0.717) is 5.92 Å². The van der Waals surface area contributed by atoms with E-state index < -0.39 is 0 Å². The molecular formula is C23H25N3O. The maximum absolute atomic E-state index is 12.3. The summed E-state index contributed by atoms with van der Waals surface area (Å²) in [5.41, 5.74) is 4.34. The van der Waals surface area contributed by atoms with Gasteiger partial charge in [-0.2, -0.15) is 0 Å². The van der Waals surface area contributed by atoms with Crippen LogP contribution in [0.1, 0.15) is 29.9 Å². The lowest BCUT2D eigenvalue weighted by molar-refractivity contribution is -0.111. The third-order valence-corrected chi connectivity index (χ3v) is 5.37. The number of likely N-dealkylation sites (tertiary alicyclic amines) is 1. The van der Waals surface area contributed by atoms with Crippen molar-refractivity contribution in [2.45, 2.75) is 18.8 Å². The van der Waals surface area contributed by atoms with Gasteiger partial charge in [0.15, 0.2) is 0 Å². The number of aromatic nitrogens is 1. The number of carbonyl (C=O) groups excluding carboxylic acids is 1. The van der Waals surface area contributed by atoms with Gasteiger partial charge in [0.25, 0.3) is 0 Å². The van der Waals surface area contributed by atoms with Gasteiger partial charge in [0.1, 0.15) is 0 Å². The maximum atomic E-state index is 12.3. The number of benzene rings is 2. The highest BCUT2D eigenvalue weighted by Crippen LogP contribution is 2.34. The first kappa shape index (κ1) is 17.6. The lowest BCUT2D eigenvalue weighted by atomic mass is 9.89. The first-order valence-electron chi connectivity index (χ1n) is 9.53. The van der Waals surface area contributed by atoms with E-state index in [0.717, 1.165) is 29.9 Å². The molecule has 1 saturated heterocycles.